The van der Waals surface area contributed by atoms with Crippen molar-refractivity contribution in [2.75, 3.05) is 0 Å². The van der Waals surface area contributed by atoms with Crippen LogP contribution in [-0.4, -0.2) is 12.2 Å². The molecule has 0 saturated heterocycles. The molecule has 1 aromatic rings. The largest absolute Gasteiger partial charge is 0.487 e. The lowest BCUT2D eigenvalue weighted by Crippen LogP contribution is -2.29. The molecule has 2 atom stereocenters. The van der Waals surface area contributed by atoms with E-state index < -0.39 is 11.6 Å². The molecule has 3 rings (SSSR count). The molecule has 134 valence electrons. The first-order chi connectivity index (χ1) is 11.7. The minimum absolute atomic E-state index is 0.000696. The molecular weight excluding hydrogens is 310 g/mol. The summed E-state index contributed by atoms with van der Waals surface area (Å²) in [6, 6.07) is 0. The van der Waals surface area contributed by atoms with Gasteiger partial charge in [0.1, 0.15) is 0 Å². The topological polar surface area (TPSA) is 18.5 Å². The van der Waals surface area contributed by atoms with Gasteiger partial charge in [-0.05, 0) is 44.9 Å². The molecule has 24 heavy (non-hydrogen) atoms. The van der Waals surface area contributed by atoms with Gasteiger partial charge in [0.15, 0.2) is 11.5 Å². The van der Waals surface area contributed by atoms with Crippen LogP contribution in [0.3, 0.4) is 0 Å². The number of benzene rings is 1. The highest BCUT2D eigenvalue weighted by molar-refractivity contribution is 5.52. The fourth-order valence-electron chi connectivity index (χ4n) is 3.93. The standard InChI is InChI=1S/C20H28F2O2/c1-3-5-6-8-14-10-12-16-15-11-9-13(7-4-2)23-19(15)17(21)18(22)20(16)24-14/h13-14H,3-12H2,1-2H3/t13-,14+/m0/s1. The molecule has 0 radical (unpaired) electrons. The Hall–Kier alpha value is -1.32. The van der Waals surface area contributed by atoms with E-state index in [1.165, 1.54) is 0 Å². The third-order valence-corrected chi connectivity index (χ3v) is 5.25. The fraction of sp³-hybridized carbons (Fsp3) is 0.700. The molecule has 2 nitrogen and oxygen atoms in total. The molecule has 1 aromatic carbocycles. The lowest BCUT2D eigenvalue weighted by Gasteiger charge is -2.33. The Morgan fingerprint density at radius 3 is 1.83 bits per heavy atom. The van der Waals surface area contributed by atoms with Gasteiger partial charge >= 0.3 is 0 Å². The Morgan fingerprint density at radius 2 is 1.33 bits per heavy atom. The zero-order valence-corrected chi connectivity index (χ0v) is 14.8. The summed E-state index contributed by atoms with van der Waals surface area (Å²) in [5.74, 6) is -1.43. The Morgan fingerprint density at radius 1 is 0.792 bits per heavy atom. The lowest BCUT2D eigenvalue weighted by atomic mass is 9.89. The summed E-state index contributed by atoms with van der Waals surface area (Å²) in [5, 5.41) is 0. The van der Waals surface area contributed by atoms with E-state index in [-0.39, 0.29) is 23.7 Å². The van der Waals surface area contributed by atoms with Gasteiger partial charge in [-0.1, -0.05) is 33.1 Å². The molecule has 2 heterocycles. The van der Waals surface area contributed by atoms with E-state index >= 15 is 0 Å². The molecule has 2 aliphatic heterocycles. The van der Waals surface area contributed by atoms with E-state index in [2.05, 4.69) is 13.8 Å². The van der Waals surface area contributed by atoms with Crippen LogP contribution in [0.15, 0.2) is 0 Å². The summed E-state index contributed by atoms with van der Waals surface area (Å²) in [4.78, 5) is 0. The second kappa shape index (κ2) is 7.71. The highest BCUT2D eigenvalue weighted by Crippen LogP contribution is 2.44. The van der Waals surface area contributed by atoms with E-state index in [0.717, 1.165) is 75.3 Å². The predicted molar refractivity (Wildman–Crippen MR) is 90.9 cm³/mol. The number of hydrogen-bond donors (Lipinski definition) is 0. The van der Waals surface area contributed by atoms with Gasteiger partial charge in [-0.15, -0.1) is 0 Å². The molecular formula is C20H28F2O2. The third kappa shape index (κ3) is 3.38. The van der Waals surface area contributed by atoms with Crippen LogP contribution in [0.1, 0.15) is 76.3 Å². The first-order valence-corrected chi connectivity index (χ1v) is 9.51. The normalized spacial score (nSPS) is 22.3. The van der Waals surface area contributed by atoms with Crippen LogP contribution in [-0.2, 0) is 12.8 Å². The van der Waals surface area contributed by atoms with Crippen molar-refractivity contribution in [2.45, 2.75) is 90.3 Å². The average Bonchev–Trinajstić information content (AvgIpc) is 2.60. The van der Waals surface area contributed by atoms with Crippen molar-refractivity contribution in [3.63, 3.8) is 0 Å². The maximum absolute atomic E-state index is 14.6. The van der Waals surface area contributed by atoms with Gasteiger partial charge in [0.05, 0.1) is 12.2 Å². The van der Waals surface area contributed by atoms with Crippen LogP contribution >= 0.6 is 0 Å². The number of halogens is 2. The molecule has 0 spiro atoms. The molecule has 0 aliphatic carbocycles. The maximum atomic E-state index is 14.6. The predicted octanol–water partition coefficient (Wildman–Crippen LogP) is 5.73. The second-order valence-electron chi connectivity index (χ2n) is 7.08. The molecule has 0 amide bonds. The van der Waals surface area contributed by atoms with Gasteiger partial charge in [0.25, 0.3) is 0 Å². The highest BCUT2D eigenvalue weighted by Gasteiger charge is 2.34. The first kappa shape index (κ1) is 17.5. The molecule has 4 heteroatoms. The summed E-state index contributed by atoms with van der Waals surface area (Å²) in [6.07, 6.45) is 9.44. The first-order valence-electron chi connectivity index (χ1n) is 9.51. The van der Waals surface area contributed by atoms with Gasteiger partial charge < -0.3 is 9.47 Å². The molecule has 0 unspecified atom stereocenters. The molecule has 2 aliphatic rings. The number of fused-ring (bicyclic) bond motifs is 3. The van der Waals surface area contributed by atoms with Crippen LogP contribution in [0.2, 0.25) is 0 Å². The van der Waals surface area contributed by atoms with Crippen LogP contribution in [0.5, 0.6) is 11.5 Å². The lowest BCUT2D eigenvalue weighted by molar-refractivity contribution is 0.134. The molecule has 0 N–H and O–H groups in total. The monoisotopic (exact) mass is 338 g/mol. The van der Waals surface area contributed by atoms with E-state index in [9.17, 15) is 8.78 Å². The zero-order valence-electron chi connectivity index (χ0n) is 14.8. The summed E-state index contributed by atoms with van der Waals surface area (Å²) in [6.45, 7) is 4.24. The van der Waals surface area contributed by atoms with Crippen LogP contribution in [0, 0.1) is 11.6 Å². The number of rotatable bonds is 6. The minimum Gasteiger partial charge on any atom is -0.487 e. The Bertz CT molecular complexity index is 586. The fourth-order valence-corrected chi connectivity index (χ4v) is 3.93. The molecule has 0 bridgehead atoms. The van der Waals surface area contributed by atoms with E-state index in [1.54, 1.807) is 0 Å². The summed E-state index contributed by atoms with van der Waals surface area (Å²) >= 11 is 0. The SMILES string of the molecule is CCCCC[C@@H]1CCc2c3c(c(F)c(F)c2O1)O[C@@H](CCC)CC3. The quantitative estimate of drug-likeness (QED) is 0.616. The Balaban J connectivity index is 1.83. The van der Waals surface area contributed by atoms with Gasteiger partial charge in [-0.25, -0.2) is 0 Å². The van der Waals surface area contributed by atoms with Crippen molar-refractivity contribution >= 4 is 0 Å². The van der Waals surface area contributed by atoms with E-state index in [4.69, 9.17) is 9.47 Å². The van der Waals surface area contributed by atoms with Crippen molar-refractivity contribution in [1.29, 1.82) is 0 Å². The van der Waals surface area contributed by atoms with E-state index in [0.29, 0.717) is 0 Å². The second-order valence-corrected chi connectivity index (χ2v) is 7.08. The van der Waals surface area contributed by atoms with Crippen LogP contribution in [0.4, 0.5) is 8.78 Å². The minimum atomic E-state index is -0.862. The van der Waals surface area contributed by atoms with Gasteiger partial charge in [-0.3, -0.25) is 0 Å². The number of hydrogen-bond acceptors (Lipinski definition) is 2. The molecule has 0 fully saturated rings. The van der Waals surface area contributed by atoms with Crippen LogP contribution in [0.25, 0.3) is 0 Å². The average molecular weight is 338 g/mol. The van der Waals surface area contributed by atoms with Crippen molar-refractivity contribution in [3.8, 4) is 11.5 Å². The van der Waals surface area contributed by atoms with Crippen molar-refractivity contribution in [3.05, 3.63) is 22.8 Å². The Kier molecular flexibility index (Phi) is 5.62. The smallest absolute Gasteiger partial charge is 0.204 e. The van der Waals surface area contributed by atoms with Crippen molar-refractivity contribution < 1.29 is 18.3 Å². The van der Waals surface area contributed by atoms with Crippen LogP contribution < -0.4 is 9.47 Å². The van der Waals surface area contributed by atoms with Gasteiger partial charge in [0.2, 0.25) is 11.6 Å². The van der Waals surface area contributed by atoms with E-state index in [1.807, 2.05) is 0 Å². The highest BCUT2D eigenvalue weighted by atomic mass is 19.2. The number of unbranched alkanes of at least 4 members (excludes halogenated alkanes) is 2. The van der Waals surface area contributed by atoms with Gasteiger partial charge in [0, 0.05) is 11.1 Å². The summed E-state index contributed by atoms with van der Waals surface area (Å²) in [7, 11) is 0. The molecule has 0 saturated carbocycles. The third-order valence-electron chi connectivity index (χ3n) is 5.25. The molecule has 0 aromatic heterocycles. The van der Waals surface area contributed by atoms with Gasteiger partial charge in [-0.2, -0.15) is 8.78 Å². The van der Waals surface area contributed by atoms with Crippen molar-refractivity contribution in [1.82, 2.24) is 0 Å². The summed E-state index contributed by atoms with van der Waals surface area (Å²) < 4.78 is 40.8. The van der Waals surface area contributed by atoms with Crippen molar-refractivity contribution in [2.24, 2.45) is 0 Å². The Labute approximate surface area is 143 Å². The zero-order chi connectivity index (χ0) is 17.1. The number of ether oxygens (including phenoxy) is 2. The summed E-state index contributed by atoms with van der Waals surface area (Å²) in [5.41, 5.74) is 1.67. The maximum Gasteiger partial charge on any atom is 0.204 e.